The van der Waals surface area contributed by atoms with Crippen LogP contribution >= 0.6 is 7.82 Å². The molecule has 5 N–H and O–H groups in total. The van der Waals surface area contributed by atoms with Crippen molar-refractivity contribution in [2.24, 2.45) is 0 Å². The number of quaternary nitrogens is 1. The number of ether oxygens (including phenoxy) is 1. The van der Waals surface area contributed by atoms with Crippen molar-refractivity contribution in [3.8, 4) is 0 Å². The summed E-state index contributed by atoms with van der Waals surface area (Å²) < 4.78 is 31.5. The van der Waals surface area contributed by atoms with Crippen LogP contribution in [0.3, 0.4) is 0 Å². The number of rotatable bonds is 45. The molecule has 0 spiro atoms. The van der Waals surface area contributed by atoms with Gasteiger partial charge in [-0.2, -0.15) is 0 Å². The molecular formula is C73H114N6O9P+. The number of phosphoric acid groups is 1. The number of unbranched alkanes of at least 4 members (excludes halogenated alkanes) is 23. The maximum Gasteiger partial charge on any atom is 0.472 e. The Balaban J connectivity index is 1.45. The number of phosphoric ester groups is 1. The number of likely N-dealkylation sites (N-methyl/N-ethyl adjacent to an activating group) is 1. The number of aromatic amines is 2. The first-order valence-electron chi connectivity index (χ1n) is 34.3. The molecule has 1 unspecified atom stereocenters. The molecule has 0 fully saturated rings. The zero-order valence-electron chi connectivity index (χ0n) is 56.5. The predicted octanol–water partition coefficient (Wildman–Crippen LogP) is 18.6. The Morgan fingerprint density at radius 2 is 1.12 bits per heavy atom. The fourth-order valence-corrected chi connectivity index (χ4v) is 12.8. The SMILES string of the molecule is C=Cc1c(C)c2cc3nc(cc4[nH]c(cc5nc(cc1[nH]2)C(C)=C5CCC(=O)O[C@H](/C=C/CCCCCCCCCCCCC)[C@H](COP(=O)(O)OCC[N+](C)(C)C)NC(=O)CCCCCCCCCCCCCCC)c(CCC(=O)O)c4C)C(C)=C3CC. The molecule has 0 radical (unpaired) electrons. The summed E-state index contributed by atoms with van der Waals surface area (Å²) in [4.78, 5) is 69.3. The average Bonchev–Trinajstić information content (AvgIpc) is 2.73. The minimum absolute atomic E-state index is 0.0294. The van der Waals surface area contributed by atoms with Crippen LogP contribution in [-0.2, 0) is 39.2 Å². The lowest BCUT2D eigenvalue weighted by molar-refractivity contribution is -0.870. The number of hydrogen-bond donors (Lipinski definition) is 5. The molecule has 15 nitrogen and oxygen atoms in total. The number of amides is 1. The minimum Gasteiger partial charge on any atom is -0.481 e. The molecule has 3 aromatic heterocycles. The Bertz CT molecular complexity index is 3070. The third-order valence-electron chi connectivity index (χ3n) is 17.7. The lowest BCUT2D eigenvalue weighted by Gasteiger charge is -2.27. The number of hydrogen-bond acceptors (Lipinski definition) is 9. The number of carbonyl (C=O) groups is 3. The van der Waals surface area contributed by atoms with E-state index in [1.807, 2.05) is 65.3 Å². The fourth-order valence-electron chi connectivity index (χ4n) is 12.1. The van der Waals surface area contributed by atoms with E-state index in [0.717, 1.165) is 129 Å². The van der Waals surface area contributed by atoms with Gasteiger partial charge in [-0.1, -0.05) is 181 Å². The molecule has 494 valence electrons. The van der Waals surface area contributed by atoms with Gasteiger partial charge >= 0.3 is 19.8 Å². The first-order valence-corrected chi connectivity index (χ1v) is 35.8. The van der Waals surface area contributed by atoms with Gasteiger partial charge in [-0.3, -0.25) is 23.4 Å². The Kier molecular flexibility index (Phi) is 32.6. The van der Waals surface area contributed by atoms with Crippen LogP contribution in [0.4, 0.5) is 0 Å². The van der Waals surface area contributed by atoms with E-state index < -0.39 is 38.5 Å². The third kappa shape index (κ3) is 25.6. The number of H-pyrrole nitrogens is 2. The van der Waals surface area contributed by atoms with E-state index in [2.05, 4.69) is 62.5 Å². The van der Waals surface area contributed by atoms with E-state index in [9.17, 15) is 28.9 Å². The molecule has 3 atom stereocenters. The van der Waals surface area contributed by atoms with E-state index in [-0.39, 0.29) is 44.6 Å². The van der Waals surface area contributed by atoms with Gasteiger partial charge in [-0.15, -0.1) is 0 Å². The Morgan fingerprint density at radius 1 is 0.629 bits per heavy atom. The van der Waals surface area contributed by atoms with Crippen molar-refractivity contribution in [1.29, 1.82) is 0 Å². The first-order chi connectivity index (χ1) is 42.7. The van der Waals surface area contributed by atoms with Gasteiger partial charge in [0.05, 0.1) is 56.6 Å². The highest BCUT2D eigenvalue weighted by molar-refractivity contribution is 7.47. The molecule has 0 aromatic carbocycles. The number of nitrogens with one attached hydrogen (secondary N) is 3. The molecule has 5 heterocycles. The van der Waals surface area contributed by atoms with Crippen LogP contribution in [0.2, 0.25) is 0 Å². The number of fused-ring (bicyclic) bond motifs is 8. The number of nitrogens with zero attached hydrogens (tertiary/aromatic N) is 3. The highest BCUT2D eigenvalue weighted by Gasteiger charge is 2.31. The summed E-state index contributed by atoms with van der Waals surface area (Å²) in [6.07, 6.45) is 35.4. The summed E-state index contributed by atoms with van der Waals surface area (Å²) >= 11 is 0. The summed E-state index contributed by atoms with van der Waals surface area (Å²) in [6.45, 7) is 18.9. The van der Waals surface area contributed by atoms with E-state index in [1.165, 1.54) is 109 Å². The normalized spacial score (nSPS) is 14.2. The summed E-state index contributed by atoms with van der Waals surface area (Å²) in [6, 6.07) is 7.08. The number of carbonyl (C=O) groups excluding carboxylic acids is 2. The van der Waals surface area contributed by atoms with Crippen molar-refractivity contribution < 1.29 is 47.2 Å². The summed E-state index contributed by atoms with van der Waals surface area (Å²) in [5.74, 6) is -1.71. The van der Waals surface area contributed by atoms with Gasteiger partial charge in [0.1, 0.15) is 19.3 Å². The van der Waals surface area contributed by atoms with Crippen molar-refractivity contribution in [3.63, 3.8) is 0 Å². The molecule has 8 bridgehead atoms. The lowest BCUT2D eigenvalue weighted by Crippen LogP contribution is -2.47. The zero-order valence-corrected chi connectivity index (χ0v) is 57.4. The second-order valence-electron chi connectivity index (χ2n) is 26.0. The Labute approximate surface area is 534 Å². The van der Waals surface area contributed by atoms with E-state index >= 15 is 0 Å². The van der Waals surface area contributed by atoms with Crippen molar-refractivity contribution in [2.45, 2.75) is 260 Å². The Morgan fingerprint density at radius 3 is 1.67 bits per heavy atom. The first kappa shape index (κ1) is 74.3. The number of aliphatic carboxylic acids is 1. The van der Waals surface area contributed by atoms with Crippen LogP contribution in [0.25, 0.3) is 50.4 Å². The van der Waals surface area contributed by atoms with Crippen LogP contribution in [0.15, 0.2) is 43.0 Å². The molecular weight excluding hydrogens is 1140 g/mol. The number of carboxylic acid groups (broad SMARTS) is 1. The monoisotopic (exact) mass is 1250 g/mol. The number of esters is 1. The molecule has 5 rings (SSSR count). The molecule has 1 amide bonds. The number of aryl methyl sites for hydroxylation is 3. The van der Waals surface area contributed by atoms with Crippen molar-refractivity contribution in [3.05, 3.63) is 88.0 Å². The quantitative estimate of drug-likeness (QED) is 0.0118. The molecule has 2 aliphatic heterocycles. The fraction of sp³-hybridized carbons (Fsp3) is 0.630. The second-order valence-corrected chi connectivity index (χ2v) is 27.5. The average molecular weight is 1250 g/mol. The zero-order chi connectivity index (χ0) is 64.8. The second kappa shape index (κ2) is 39.1. The van der Waals surface area contributed by atoms with Crippen molar-refractivity contribution in [1.82, 2.24) is 25.3 Å². The van der Waals surface area contributed by atoms with Crippen LogP contribution in [-0.4, -0.2) is 105 Å². The Hall–Kier alpha value is -5.44. The van der Waals surface area contributed by atoms with Crippen LogP contribution in [0.1, 0.15) is 272 Å². The van der Waals surface area contributed by atoms with Crippen molar-refractivity contribution in [2.75, 3.05) is 40.9 Å². The van der Waals surface area contributed by atoms with Gasteiger partial charge in [0.2, 0.25) is 5.91 Å². The molecule has 0 saturated carbocycles. The summed E-state index contributed by atoms with van der Waals surface area (Å²) in [5.41, 5.74) is 13.9. The van der Waals surface area contributed by atoms with Gasteiger partial charge in [-0.05, 0) is 136 Å². The van der Waals surface area contributed by atoms with Crippen LogP contribution in [0, 0.1) is 13.8 Å². The molecule has 89 heavy (non-hydrogen) atoms. The van der Waals surface area contributed by atoms with Gasteiger partial charge in [0.25, 0.3) is 0 Å². The predicted molar refractivity (Wildman–Crippen MR) is 368 cm³/mol. The van der Waals surface area contributed by atoms with Gasteiger partial charge in [0.15, 0.2) is 0 Å². The van der Waals surface area contributed by atoms with E-state index in [0.29, 0.717) is 28.8 Å². The van der Waals surface area contributed by atoms with E-state index in [4.69, 9.17) is 23.8 Å². The largest absolute Gasteiger partial charge is 0.481 e. The highest BCUT2D eigenvalue weighted by Crippen LogP contribution is 2.44. The molecule has 16 heteroatoms. The maximum atomic E-state index is 14.6. The minimum atomic E-state index is -4.60. The standard InChI is InChI=1S/C73H113N6O9P/c1-12-16-18-20-22-24-26-28-30-32-34-36-38-40-70(69(52-87-89(84,85)86-47-46-79(9,10)11)78-71(80)41-39-37-35-33-31-29-27-25-23-21-19-17-13-2)88-73(83)45-43-60-56(8)64-50-66-58(15-4)54(6)63(75-66)49-65-57(14-3)53(5)61(74-65)48-62-55(7)59(42-44-72(81)82)67(76-62)51-68(60)77-64/h15,38,40,48-51,69-70H,4,12-14,16-37,39,41-47,52H2,1-3,5-11H3,(H4-,74,75,76,77,78,80,81,82,84,85)/p+1/b40-38+,61-48?,62-48?,63-49?,64-50?,65-49?,66-50?,67-51?,68-51?/t69-,70+/m0/s1. The van der Waals surface area contributed by atoms with Crippen LogP contribution < -0.4 is 5.32 Å². The lowest BCUT2D eigenvalue weighted by atomic mass is 10.00. The van der Waals surface area contributed by atoms with E-state index in [1.54, 1.807) is 6.08 Å². The highest BCUT2D eigenvalue weighted by atomic mass is 31.2. The molecule has 0 saturated heterocycles. The van der Waals surface area contributed by atoms with Crippen LogP contribution in [0.5, 0.6) is 0 Å². The summed E-state index contributed by atoms with van der Waals surface area (Å²) in [7, 11) is 1.27. The number of carboxylic acids is 1. The van der Waals surface area contributed by atoms with Gasteiger partial charge in [-0.25, -0.2) is 14.5 Å². The molecule has 2 aliphatic rings. The topological polar surface area (TPSA) is 206 Å². The molecule has 3 aromatic rings. The third-order valence-corrected chi connectivity index (χ3v) is 18.7. The maximum absolute atomic E-state index is 14.6. The van der Waals surface area contributed by atoms with Gasteiger partial charge in [0, 0.05) is 46.9 Å². The molecule has 0 aliphatic carbocycles. The number of allylic oxidation sites excluding steroid dienone is 5. The summed E-state index contributed by atoms with van der Waals surface area (Å²) in [5, 5.41) is 13.0. The smallest absolute Gasteiger partial charge is 0.472 e. The van der Waals surface area contributed by atoms with Crippen molar-refractivity contribution >= 4 is 76.1 Å². The van der Waals surface area contributed by atoms with Gasteiger partial charge < -0.3 is 34.5 Å². The number of aromatic nitrogens is 4.